The molecule has 0 aliphatic carbocycles. The molecule has 0 saturated heterocycles. The van der Waals surface area contributed by atoms with Crippen LogP contribution in [0.3, 0.4) is 0 Å². The van der Waals surface area contributed by atoms with Crippen molar-refractivity contribution >= 4 is 24.0 Å². The van der Waals surface area contributed by atoms with Gasteiger partial charge in [-0.3, -0.25) is 9.59 Å². The summed E-state index contributed by atoms with van der Waals surface area (Å²) in [5.74, 6) is -0.972. The van der Waals surface area contributed by atoms with E-state index in [1.54, 1.807) is 45.0 Å². The summed E-state index contributed by atoms with van der Waals surface area (Å²) in [5, 5.41) is 14.9. The second kappa shape index (κ2) is 12.6. The topological polar surface area (TPSA) is 112 Å². The van der Waals surface area contributed by atoms with Crippen LogP contribution in [0.4, 0.5) is 4.79 Å². The Kier molecular flexibility index (Phi) is 10.6. The first kappa shape index (κ1) is 27.7. The molecule has 2 N–H and O–H groups in total. The highest BCUT2D eigenvalue weighted by molar-refractivity contribution is 5.92. The SMILES string of the molecule is C=Cc1cccc(C(C(=O)NC(C)CCC)N(CC#N)C(=O)C(C)NC(=O)OC(C)(C)C)c1. The predicted molar refractivity (Wildman–Crippen MR) is 128 cm³/mol. The van der Waals surface area contributed by atoms with Gasteiger partial charge in [-0.1, -0.05) is 44.2 Å². The highest BCUT2D eigenvalue weighted by atomic mass is 16.6. The van der Waals surface area contributed by atoms with Gasteiger partial charge in [-0.05, 0) is 58.2 Å². The quantitative estimate of drug-likeness (QED) is 0.518. The summed E-state index contributed by atoms with van der Waals surface area (Å²) in [7, 11) is 0. The Hall–Kier alpha value is -3.34. The molecule has 0 saturated carbocycles. The molecule has 180 valence electrons. The van der Waals surface area contributed by atoms with E-state index in [2.05, 4.69) is 17.2 Å². The van der Waals surface area contributed by atoms with Gasteiger partial charge < -0.3 is 20.3 Å². The first-order chi connectivity index (χ1) is 15.4. The smallest absolute Gasteiger partial charge is 0.408 e. The van der Waals surface area contributed by atoms with Gasteiger partial charge in [-0.15, -0.1) is 0 Å². The van der Waals surface area contributed by atoms with Crippen molar-refractivity contribution in [1.29, 1.82) is 5.26 Å². The molecule has 0 radical (unpaired) electrons. The number of benzene rings is 1. The van der Waals surface area contributed by atoms with Crippen LogP contribution in [-0.2, 0) is 14.3 Å². The molecular formula is C25H36N4O4. The number of hydrogen-bond donors (Lipinski definition) is 2. The largest absolute Gasteiger partial charge is 0.444 e. The summed E-state index contributed by atoms with van der Waals surface area (Å²) in [5.41, 5.74) is 0.583. The molecule has 33 heavy (non-hydrogen) atoms. The third-order valence-corrected chi connectivity index (χ3v) is 4.76. The van der Waals surface area contributed by atoms with Gasteiger partial charge in [0.15, 0.2) is 0 Å². The number of nitrogens with one attached hydrogen (secondary N) is 2. The zero-order valence-electron chi connectivity index (χ0n) is 20.5. The van der Waals surface area contributed by atoms with Crippen LogP contribution >= 0.6 is 0 Å². The lowest BCUT2D eigenvalue weighted by Crippen LogP contribution is -2.52. The highest BCUT2D eigenvalue weighted by Gasteiger charge is 2.35. The maximum atomic E-state index is 13.3. The molecule has 1 aromatic rings. The number of carbonyl (C=O) groups is 3. The average molecular weight is 457 g/mol. The van der Waals surface area contributed by atoms with E-state index in [1.807, 2.05) is 26.0 Å². The molecule has 0 spiro atoms. The van der Waals surface area contributed by atoms with Crippen LogP contribution in [0.25, 0.3) is 6.08 Å². The number of hydrogen-bond acceptors (Lipinski definition) is 5. The minimum absolute atomic E-state index is 0.107. The molecule has 0 aliphatic rings. The second-order valence-electron chi connectivity index (χ2n) is 8.97. The first-order valence-electron chi connectivity index (χ1n) is 11.1. The molecule has 0 bridgehead atoms. The molecule has 3 unspecified atom stereocenters. The van der Waals surface area contributed by atoms with Gasteiger partial charge in [0.25, 0.3) is 0 Å². The number of carbonyl (C=O) groups excluding carboxylic acids is 3. The van der Waals surface area contributed by atoms with Crippen LogP contribution in [0.5, 0.6) is 0 Å². The fourth-order valence-corrected chi connectivity index (χ4v) is 3.32. The molecule has 0 aromatic heterocycles. The minimum atomic E-state index is -1.06. The van der Waals surface area contributed by atoms with Crippen LogP contribution in [0.1, 0.15) is 71.6 Å². The summed E-state index contributed by atoms with van der Waals surface area (Å²) >= 11 is 0. The molecule has 1 aromatic carbocycles. The predicted octanol–water partition coefficient (Wildman–Crippen LogP) is 3.94. The molecule has 8 nitrogen and oxygen atoms in total. The second-order valence-corrected chi connectivity index (χ2v) is 8.97. The number of amides is 3. The number of nitriles is 1. The molecule has 3 amide bonds. The zero-order valence-corrected chi connectivity index (χ0v) is 20.5. The number of ether oxygens (including phenoxy) is 1. The summed E-state index contributed by atoms with van der Waals surface area (Å²) < 4.78 is 5.22. The molecule has 3 atom stereocenters. The van der Waals surface area contributed by atoms with Gasteiger partial charge in [-0.25, -0.2) is 4.79 Å². The third kappa shape index (κ3) is 8.97. The Morgan fingerprint density at radius 1 is 1.24 bits per heavy atom. The van der Waals surface area contributed by atoms with Crippen LogP contribution in [-0.4, -0.2) is 47.0 Å². The van der Waals surface area contributed by atoms with Crippen LogP contribution in [0, 0.1) is 11.3 Å². The van der Waals surface area contributed by atoms with Crippen molar-refractivity contribution in [2.75, 3.05) is 6.54 Å². The number of alkyl carbamates (subject to hydrolysis) is 1. The molecule has 1 rings (SSSR count). The van der Waals surface area contributed by atoms with E-state index in [0.29, 0.717) is 5.56 Å². The Labute approximate surface area is 197 Å². The first-order valence-corrected chi connectivity index (χ1v) is 11.1. The lowest BCUT2D eigenvalue weighted by atomic mass is 10.00. The molecule has 0 fully saturated rings. The number of rotatable bonds is 10. The van der Waals surface area contributed by atoms with E-state index in [0.717, 1.165) is 18.4 Å². The van der Waals surface area contributed by atoms with E-state index in [4.69, 9.17) is 4.74 Å². The van der Waals surface area contributed by atoms with Crippen molar-refractivity contribution < 1.29 is 19.1 Å². The Morgan fingerprint density at radius 2 is 1.91 bits per heavy atom. The van der Waals surface area contributed by atoms with Crippen molar-refractivity contribution in [3.05, 3.63) is 42.0 Å². The molecule has 0 heterocycles. The third-order valence-electron chi connectivity index (χ3n) is 4.76. The van der Waals surface area contributed by atoms with Crippen LogP contribution in [0.2, 0.25) is 0 Å². The fraction of sp³-hybridized carbons (Fsp3) is 0.520. The van der Waals surface area contributed by atoms with Crippen molar-refractivity contribution in [2.45, 2.75) is 78.1 Å². The monoisotopic (exact) mass is 456 g/mol. The Morgan fingerprint density at radius 3 is 2.45 bits per heavy atom. The van der Waals surface area contributed by atoms with E-state index < -0.39 is 35.6 Å². The van der Waals surface area contributed by atoms with Crippen molar-refractivity contribution in [1.82, 2.24) is 15.5 Å². The normalized spacial score (nSPS) is 13.6. The van der Waals surface area contributed by atoms with Gasteiger partial charge in [0.2, 0.25) is 11.8 Å². The van der Waals surface area contributed by atoms with Crippen molar-refractivity contribution in [3.63, 3.8) is 0 Å². The summed E-state index contributed by atoms with van der Waals surface area (Å²) in [4.78, 5) is 40.0. The Balaban J connectivity index is 3.32. The fourth-order valence-electron chi connectivity index (χ4n) is 3.32. The van der Waals surface area contributed by atoms with Gasteiger partial charge in [0.1, 0.15) is 24.2 Å². The Bertz CT molecular complexity index is 885. The zero-order chi connectivity index (χ0) is 25.2. The van der Waals surface area contributed by atoms with Crippen molar-refractivity contribution in [2.24, 2.45) is 0 Å². The summed E-state index contributed by atoms with van der Waals surface area (Å²) in [6, 6.07) is 6.86. The van der Waals surface area contributed by atoms with Gasteiger partial charge >= 0.3 is 6.09 Å². The molecule has 8 heteroatoms. The summed E-state index contributed by atoms with van der Waals surface area (Å²) in [6.45, 7) is 14.0. The molecular weight excluding hydrogens is 420 g/mol. The standard InChI is InChI=1S/C25H36N4O4/c1-8-11-17(3)27-22(30)21(20-13-10-12-19(9-2)16-20)29(15-14-26)23(31)18(4)28-24(32)33-25(5,6)7/h9-10,12-13,16-18,21H,2,8,11,15H2,1,3-7H3,(H,27,30)(H,28,32). The lowest BCUT2D eigenvalue weighted by Gasteiger charge is -2.32. The van der Waals surface area contributed by atoms with Gasteiger partial charge in [-0.2, -0.15) is 5.26 Å². The van der Waals surface area contributed by atoms with Crippen molar-refractivity contribution in [3.8, 4) is 6.07 Å². The highest BCUT2D eigenvalue weighted by Crippen LogP contribution is 2.24. The lowest BCUT2D eigenvalue weighted by molar-refractivity contribution is -0.141. The minimum Gasteiger partial charge on any atom is -0.444 e. The van der Waals surface area contributed by atoms with Crippen LogP contribution < -0.4 is 10.6 Å². The van der Waals surface area contributed by atoms with Crippen LogP contribution in [0.15, 0.2) is 30.8 Å². The van der Waals surface area contributed by atoms with E-state index in [9.17, 15) is 19.6 Å². The maximum absolute atomic E-state index is 13.3. The van der Waals surface area contributed by atoms with E-state index in [-0.39, 0.29) is 12.6 Å². The number of nitrogens with zero attached hydrogens (tertiary/aromatic N) is 2. The van der Waals surface area contributed by atoms with Gasteiger partial charge in [0, 0.05) is 6.04 Å². The van der Waals surface area contributed by atoms with E-state index >= 15 is 0 Å². The van der Waals surface area contributed by atoms with E-state index in [1.165, 1.54) is 11.8 Å². The average Bonchev–Trinajstić information content (AvgIpc) is 2.71. The maximum Gasteiger partial charge on any atom is 0.408 e. The van der Waals surface area contributed by atoms with Gasteiger partial charge in [0.05, 0.1) is 6.07 Å². The molecule has 0 aliphatic heterocycles. The summed E-state index contributed by atoms with van der Waals surface area (Å²) in [6.07, 6.45) is 2.54.